The minimum Gasteiger partial charge on any atom is -0.484 e. The number of likely N-dealkylation sites (tertiary alicyclic amines) is 2. The molecule has 0 unspecified atom stereocenters. The first kappa shape index (κ1) is 39.3. The van der Waals surface area contributed by atoms with Crippen molar-refractivity contribution >= 4 is 34.5 Å². The zero-order valence-electron chi connectivity index (χ0n) is 32.9. The van der Waals surface area contributed by atoms with Crippen molar-refractivity contribution < 1.29 is 38.0 Å². The number of hydrogen-bond donors (Lipinski definition) is 0. The van der Waals surface area contributed by atoms with Crippen LogP contribution in [0, 0.1) is 0 Å². The molecular weight excluding hydrogens is 801 g/mol. The third-order valence-electron chi connectivity index (χ3n) is 10.8. The Hall–Kier alpha value is -6.12. The van der Waals surface area contributed by atoms with Gasteiger partial charge < -0.3 is 38.2 Å². The highest BCUT2D eigenvalue weighted by Gasteiger charge is 2.32. The van der Waals surface area contributed by atoms with E-state index in [-0.39, 0.29) is 50.7 Å². The number of hydrogen-bond acceptors (Lipinski definition) is 12. The molecule has 60 heavy (non-hydrogen) atoms. The van der Waals surface area contributed by atoms with Crippen LogP contribution >= 0.6 is 22.7 Å². The predicted octanol–water partition coefficient (Wildman–Crippen LogP) is 9.34. The van der Waals surface area contributed by atoms with Crippen molar-refractivity contribution in [2.24, 2.45) is 0 Å². The smallest absolute Gasteiger partial charge is 0.261 e. The van der Waals surface area contributed by atoms with Gasteiger partial charge in [-0.05, 0) is 99.2 Å². The van der Waals surface area contributed by atoms with Gasteiger partial charge in [0.05, 0.1) is 23.5 Å². The zero-order chi connectivity index (χ0) is 40.7. The molecule has 2 saturated heterocycles. The molecule has 6 aromatic rings. The van der Waals surface area contributed by atoms with E-state index in [1.807, 2.05) is 118 Å². The van der Waals surface area contributed by atoms with Crippen molar-refractivity contribution in [3.63, 3.8) is 0 Å². The molecule has 0 aliphatic carbocycles. The highest BCUT2D eigenvalue weighted by molar-refractivity contribution is 7.10. The molecule has 2 aromatic heterocycles. The fourth-order valence-electron chi connectivity index (χ4n) is 7.72. The number of rotatable bonds is 10. The molecule has 2 atom stereocenters. The second-order valence-electron chi connectivity index (χ2n) is 14.7. The molecule has 308 valence electrons. The van der Waals surface area contributed by atoms with Crippen molar-refractivity contribution in [1.82, 2.24) is 19.8 Å². The van der Waals surface area contributed by atoms with Gasteiger partial charge in [0.25, 0.3) is 11.8 Å². The maximum atomic E-state index is 12.9. The number of benzene rings is 4. The Bertz CT molecular complexity index is 2240. The second kappa shape index (κ2) is 18.4. The van der Waals surface area contributed by atoms with Crippen LogP contribution in [-0.2, 0) is 9.59 Å². The molecule has 2 fully saturated rings. The Labute approximate surface area is 356 Å². The Morgan fingerprint density at radius 3 is 1.45 bits per heavy atom. The van der Waals surface area contributed by atoms with E-state index in [4.69, 9.17) is 38.4 Å². The SMILES string of the molecule is O=C(COc1ccccc1)N1CCCC[C@@H]1c1nc(-c2ccc3c(c2)OCO3)cs1.O=C(COc1ccccc1)N1CCCC[C@@H]1c1nc(-c2ccc3c(c2)OCO3)cs1. The second-order valence-corrected chi connectivity index (χ2v) is 16.5. The van der Waals surface area contributed by atoms with Crippen LogP contribution in [0.2, 0.25) is 0 Å². The van der Waals surface area contributed by atoms with Gasteiger partial charge in [0.1, 0.15) is 21.5 Å². The summed E-state index contributed by atoms with van der Waals surface area (Å²) < 4.78 is 33.1. The van der Waals surface area contributed by atoms with E-state index in [1.54, 1.807) is 22.7 Å². The molecule has 12 nitrogen and oxygen atoms in total. The van der Waals surface area contributed by atoms with E-state index in [0.717, 1.165) is 107 Å². The first-order valence-electron chi connectivity index (χ1n) is 20.2. The summed E-state index contributed by atoms with van der Waals surface area (Å²) in [6, 6.07) is 30.6. The van der Waals surface area contributed by atoms with E-state index < -0.39 is 0 Å². The Morgan fingerprint density at radius 1 is 0.567 bits per heavy atom. The molecule has 4 aliphatic heterocycles. The molecule has 6 heterocycles. The first-order valence-corrected chi connectivity index (χ1v) is 22.0. The Morgan fingerprint density at radius 2 is 1.00 bits per heavy atom. The van der Waals surface area contributed by atoms with Crippen LogP contribution in [0.25, 0.3) is 22.5 Å². The molecular formula is C46H44N4O8S2. The van der Waals surface area contributed by atoms with Crippen molar-refractivity contribution in [2.75, 3.05) is 39.9 Å². The maximum absolute atomic E-state index is 12.9. The van der Waals surface area contributed by atoms with Gasteiger partial charge in [-0.25, -0.2) is 9.97 Å². The Kier molecular flexibility index (Phi) is 12.1. The largest absolute Gasteiger partial charge is 0.484 e. The number of carbonyl (C=O) groups excluding carboxylic acids is 2. The summed E-state index contributed by atoms with van der Waals surface area (Å²) in [6.07, 6.45) is 6.04. The number of thiazole rings is 2. The number of fused-ring (bicyclic) bond motifs is 2. The molecule has 0 spiro atoms. The van der Waals surface area contributed by atoms with Gasteiger partial charge in [0.15, 0.2) is 36.2 Å². The van der Waals surface area contributed by atoms with Gasteiger partial charge in [-0.1, -0.05) is 36.4 Å². The van der Waals surface area contributed by atoms with Crippen molar-refractivity contribution in [3.05, 3.63) is 118 Å². The van der Waals surface area contributed by atoms with Gasteiger partial charge in [0, 0.05) is 35.0 Å². The highest BCUT2D eigenvalue weighted by atomic mass is 32.1. The monoisotopic (exact) mass is 844 g/mol. The zero-order valence-corrected chi connectivity index (χ0v) is 34.5. The third kappa shape index (κ3) is 9.04. The molecule has 14 heteroatoms. The fourth-order valence-corrected chi connectivity index (χ4v) is 9.67. The lowest BCUT2D eigenvalue weighted by atomic mass is 10.0. The number of para-hydroxylation sites is 2. The van der Waals surface area contributed by atoms with Gasteiger partial charge in [-0.3, -0.25) is 9.59 Å². The maximum Gasteiger partial charge on any atom is 0.261 e. The molecule has 0 N–H and O–H groups in total. The predicted molar refractivity (Wildman–Crippen MR) is 228 cm³/mol. The van der Waals surface area contributed by atoms with Gasteiger partial charge in [0.2, 0.25) is 13.6 Å². The number of nitrogens with zero attached hydrogens (tertiary/aromatic N) is 4. The van der Waals surface area contributed by atoms with E-state index in [9.17, 15) is 9.59 Å². The standard InChI is InChI=1S/2C23H22N2O4S/c2*26-22(13-27-17-6-2-1-3-7-17)25-11-5-4-8-19(25)23-24-18(14-30-23)16-9-10-20-21(12-16)29-15-28-20/h2*1-3,6-7,9-10,12,14,19H,4-5,8,11,13,15H2/t2*19-/m11/s1. The van der Waals surface area contributed by atoms with Gasteiger partial charge >= 0.3 is 0 Å². The van der Waals surface area contributed by atoms with Gasteiger partial charge in [-0.2, -0.15) is 0 Å². The van der Waals surface area contributed by atoms with Crippen LogP contribution in [0.5, 0.6) is 34.5 Å². The lowest BCUT2D eigenvalue weighted by molar-refractivity contribution is -0.138. The number of piperidine rings is 2. The lowest BCUT2D eigenvalue weighted by Gasteiger charge is -2.34. The number of carbonyl (C=O) groups is 2. The summed E-state index contributed by atoms with van der Waals surface area (Å²) in [6.45, 7) is 2.07. The molecule has 4 aliphatic rings. The molecule has 0 radical (unpaired) electrons. The fraction of sp³-hybridized carbons (Fsp3) is 0.304. The van der Waals surface area contributed by atoms with Crippen LogP contribution in [0.15, 0.2) is 108 Å². The quantitative estimate of drug-likeness (QED) is 0.132. The van der Waals surface area contributed by atoms with Crippen LogP contribution in [0.1, 0.15) is 60.6 Å². The minimum atomic E-state index is -0.00150. The number of aromatic nitrogens is 2. The molecule has 4 aromatic carbocycles. The first-order chi connectivity index (χ1) is 29.6. The summed E-state index contributed by atoms with van der Waals surface area (Å²) in [4.78, 5) is 39.4. The van der Waals surface area contributed by atoms with Crippen LogP contribution in [0.4, 0.5) is 0 Å². The average Bonchev–Trinajstić information content (AvgIpc) is 4.16. The normalized spacial score (nSPS) is 17.7. The van der Waals surface area contributed by atoms with Crippen LogP contribution < -0.4 is 28.4 Å². The van der Waals surface area contributed by atoms with Crippen LogP contribution in [-0.4, -0.2) is 71.5 Å². The summed E-state index contributed by atoms with van der Waals surface area (Å²) in [5.41, 5.74) is 3.77. The molecule has 10 rings (SSSR count). The van der Waals surface area contributed by atoms with E-state index in [0.29, 0.717) is 11.5 Å². The Balaban J connectivity index is 0.000000154. The summed E-state index contributed by atoms with van der Waals surface area (Å²) in [7, 11) is 0. The van der Waals surface area contributed by atoms with Crippen molar-refractivity contribution in [1.29, 1.82) is 0 Å². The summed E-state index contributed by atoms with van der Waals surface area (Å²) in [5.74, 6) is 4.43. The number of amides is 2. The van der Waals surface area contributed by atoms with E-state index >= 15 is 0 Å². The van der Waals surface area contributed by atoms with Crippen molar-refractivity contribution in [2.45, 2.75) is 50.6 Å². The number of ether oxygens (including phenoxy) is 6. The third-order valence-corrected chi connectivity index (χ3v) is 12.7. The highest BCUT2D eigenvalue weighted by Crippen LogP contribution is 2.40. The summed E-state index contributed by atoms with van der Waals surface area (Å²) >= 11 is 3.20. The average molecular weight is 845 g/mol. The van der Waals surface area contributed by atoms with Crippen LogP contribution in [0.3, 0.4) is 0 Å². The molecule has 2 amide bonds. The van der Waals surface area contributed by atoms with E-state index in [1.165, 1.54) is 0 Å². The van der Waals surface area contributed by atoms with Gasteiger partial charge in [-0.15, -0.1) is 22.7 Å². The molecule has 0 saturated carbocycles. The van der Waals surface area contributed by atoms with E-state index in [2.05, 4.69) is 0 Å². The van der Waals surface area contributed by atoms with Crippen molar-refractivity contribution in [3.8, 4) is 57.0 Å². The topological polar surface area (TPSA) is 122 Å². The molecule has 0 bridgehead atoms. The minimum absolute atomic E-state index is 0.00150. The lowest BCUT2D eigenvalue weighted by Crippen LogP contribution is -2.41. The summed E-state index contributed by atoms with van der Waals surface area (Å²) in [5, 5.41) is 6.03.